The smallest absolute Gasteiger partial charge is 0.111 e. The van der Waals surface area contributed by atoms with E-state index in [1.165, 1.54) is 109 Å². The highest BCUT2D eigenvalue weighted by Gasteiger charge is 2.29. The van der Waals surface area contributed by atoms with E-state index >= 15 is 0 Å². The zero-order valence-corrected chi connectivity index (χ0v) is 24.4. The average molecular weight is 498 g/mol. The first-order chi connectivity index (χ1) is 16.7. The highest BCUT2D eigenvalue weighted by molar-refractivity contribution is 5.64. The Hall–Kier alpha value is -0.610. The van der Waals surface area contributed by atoms with Crippen molar-refractivity contribution in [2.24, 2.45) is 0 Å². The largest absolute Gasteiger partial charge is 0.550 e. The van der Waals surface area contributed by atoms with Crippen molar-refractivity contribution in [3.63, 3.8) is 0 Å². The van der Waals surface area contributed by atoms with Crippen molar-refractivity contribution in [1.29, 1.82) is 0 Å². The van der Waals surface area contributed by atoms with Crippen LogP contribution < -0.4 is 5.11 Å². The van der Waals surface area contributed by atoms with Gasteiger partial charge in [0.05, 0.1) is 20.6 Å². The van der Waals surface area contributed by atoms with Crippen LogP contribution in [0.5, 0.6) is 0 Å². The molecule has 0 bridgehead atoms. The number of nitrogens with zero attached hydrogens (tertiary/aromatic N) is 1. The molecule has 1 unspecified atom stereocenters. The first kappa shape index (κ1) is 34.4. The van der Waals surface area contributed by atoms with Crippen LogP contribution in [0, 0.1) is 0 Å². The summed E-state index contributed by atoms with van der Waals surface area (Å²) < 4.78 is 0.906. The third-order valence-electron chi connectivity index (χ3n) is 7.48. The third-order valence-corrected chi connectivity index (χ3v) is 7.48. The van der Waals surface area contributed by atoms with Crippen molar-refractivity contribution in [1.82, 2.24) is 0 Å². The average Bonchev–Trinajstić information content (AvgIpc) is 2.77. The number of carbonyl (C=O) groups excluding carboxylic acids is 1. The van der Waals surface area contributed by atoms with E-state index in [9.17, 15) is 15.0 Å². The van der Waals surface area contributed by atoms with Gasteiger partial charge in [0.15, 0.2) is 0 Å². The second kappa shape index (κ2) is 22.6. The summed E-state index contributed by atoms with van der Waals surface area (Å²) in [6.45, 7) is 6.30. The van der Waals surface area contributed by atoms with Gasteiger partial charge in [0, 0.05) is 5.97 Å². The van der Waals surface area contributed by atoms with Gasteiger partial charge in [-0.25, -0.2) is 0 Å². The molecule has 0 aromatic heterocycles. The summed E-state index contributed by atoms with van der Waals surface area (Å²) in [6.07, 6.45) is 27.9. The van der Waals surface area contributed by atoms with E-state index < -0.39 is 11.6 Å². The Morgan fingerprint density at radius 3 is 1.46 bits per heavy atom. The van der Waals surface area contributed by atoms with Crippen molar-refractivity contribution < 1.29 is 19.5 Å². The van der Waals surface area contributed by atoms with Crippen LogP contribution in [0.4, 0.5) is 0 Å². The topological polar surface area (TPSA) is 60.4 Å². The normalized spacial score (nSPS) is 13.7. The number of carbonyl (C=O) groups is 1. The molecule has 0 saturated heterocycles. The Morgan fingerprint density at radius 1 is 0.657 bits per heavy atom. The van der Waals surface area contributed by atoms with Crippen LogP contribution in [0.15, 0.2) is 0 Å². The lowest BCUT2D eigenvalue weighted by molar-refractivity contribution is -0.896. The molecule has 4 heteroatoms. The minimum absolute atomic E-state index is 0.209. The summed E-state index contributed by atoms with van der Waals surface area (Å²) >= 11 is 0. The zero-order valence-electron chi connectivity index (χ0n) is 24.4. The van der Waals surface area contributed by atoms with Crippen molar-refractivity contribution in [2.45, 2.75) is 167 Å². The lowest BCUT2D eigenvalue weighted by Gasteiger charge is -2.36. The van der Waals surface area contributed by atoms with Gasteiger partial charge in [-0.15, -0.1) is 0 Å². The summed E-state index contributed by atoms with van der Waals surface area (Å²) in [5.74, 6) is -0.919. The Bertz CT molecular complexity index is 476. The van der Waals surface area contributed by atoms with Crippen LogP contribution in [0.2, 0.25) is 0 Å². The maximum absolute atomic E-state index is 11.0. The maximum atomic E-state index is 11.0. The number of likely N-dealkylation sites (N-methyl/N-ethyl adjacent to an activating group) is 1. The number of carboxylic acids is 1. The molecule has 0 aromatic carbocycles. The molecule has 0 rings (SSSR count). The van der Waals surface area contributed by atoms with E-state index in [0.717, 1.165) is 49.7 Å². The van der Waals surface area contributed by atoms with Crippen LogP contribution in [0.1, 0.15) is 162 Å². The second-order valence-corrected chi connectivity index (χ2v) is 12.3. The number of unbranched alkanes of at least 4 members (excludes halogenated alkanes) is 19. The van der Waals surface area contributed by atoms with Gasteiger partial charge in [-0.05, 0) is 39.0 Å². The molecule has 0 amide bonds. The lowest BCUT2D eigenvalue weighted by atomic mass is 9.96. The van der Waals surface area contributed by atoms with Crippen molar-refractivity contribution in [2.75, 3.05) is 27.2 Å². The van der Waals surface area contributed by atoms with E-state index in [0.29, 0.717) is 0 Å². The van der Waals surface area contributed by atoms with Gasteiger partial charge in [-0.3, -0.25) is 0 Å². The van der Waals surface area contributed by atoms with E-state index in [1.54, 1.807) is 0 Å². The highest BCUT2D eigenvalue weighted by atomic mass is 16.4. The first-order valence-corrected chi connectivity index (χ1v) is 15.4. The molecule has 0 fully saturated rings. The number of quaternary nitrogens is 1. The third kappa shape index (κ3) is 26.3. The number of aliphatic carboxylic acids is 1. The van der Waals surface area contributed by atoms with Crippen molar-refractivity contribution >= 4 is 5.97 Å². The van der Waals surface area contributed by atoms with Crippen LogP contribution in [-0.2, 0) is 4.79 Å². The number of hydrogen-bond acceptors (Lipinski definition) is 3. The number of hydrogen-bond donors (Lipinski definition) is 1. The molecule has 0 saturated carbocycles. The summed E-state index contributed by atoms with van der Waals surface area (Å²) in [5.41, 5.74) is -0.557. The van der Waals surface area contributed by atoms with Gasteiger partial charge < -0.3 is 19.5 Å². The van der Waals surface area contributed by atoms with E-state index in [-0.39, 0.29) is 6.42 Å². The molecular weight excluding hydrogens is 434 g/mol. The number of carboxylic acid groups (broad SMARTS) is 1. The van der Waals surface area contributed by atoms with Crippen molar-refractivity contribution in [3.8, 4) is 0 Å². The molecule has 0 aromatic rings. The van der Waals surface area contributed by atoms with Gasteiger partial charge in [0.2, 0.25) is 0 Å². The summed E-state index contributed by atoms with van der Waals surface area (Å²) in [6, 6.07) is 0. The predicted octanol–water partition coefficient (Wildman–Crippen LogP) is 7.56. The standard InChI is InChI=1S/C31H63NO3/c1-5-6-7-8-9-10-11-12-15-18-21-24-27-31(2,35)29-32(3,4)28-25-22-19-16-13-14-17-20-23-26-30(33)34/h35H,5-29H2,1-4H3. The molecule has 0 aliphatic heterocycles. The Morgan fingerprint density at radius 2 is 1.03 bits per heavy atom. The molecule has 35 heavy (non-hydrogen) atoms. The molecule has 0 heterocycles. The molecule has 4 nitrogen and oxygen atoms in total. The van der Waals surface area contributed by atoms with Gasteiger partial charge in [-0.1, -0.05) is 122 Å². The van der Waals surface area contributed by atoms with Gasteiger partial charge in [0.1, 0.15) is 12.1 Å². The SMILES string of the molecule is CCCCCCCCCCCCCCC(C)(O)C[N+](C)(C)CCCCCCCCCCCC(=O)[O-]. The molecule has 0 spiro atoms. The second-order valence-electron chi connectivity index (χ2n) is 12.3. The number of rotatable bonds is 27. The quantitative estimate of drug-likeness (QED) is 0.0941. The van der Waals surface area contributed by atoms with Gasteiger partial charge in [-0.2, -0.15) is 0 Å². The van der Waals surface area contributed by atoms with Gasteiger partial charge in [0.25, 0.3) is 0 Å². The minimum atomic E-state index is -0.919. The lowest BCUT2D eigenvalue weighted by Crippen LogP contribution is -2.50. The Kier molecular flexibility index (Phi) is 22.2. The predicted molar refractivity (Wildman–Crippen MR) is 149 cm³/mol. The van der Waals surface area contributed by atoms with Crippen LogP contribution in [-0.4, -0.2) is 48.3 Å². The molecule has 1 N–H and O–H groups in total. The minimum Gasteiger partial charge on any atom is -0.550 e. The molecular formula is C31H63NO3. The first-order valence-electron chi connectivity index (χ1n) is 15.4. The molecule has 0 aliphatic rings. The Balaban J connectivity index is 3.62. The zero-order chi connectivity index (χ0) is 26.3. The Labute approximate surface area is 219 Å². The fourth-order valence-electron chi connectivity index (χ4n) is 5.47. The molecule has 1 atom stereocenters. The van der Waals surface area contributed by atoms with Crippen LogP contribution >= 0.6 is 0 Å². The molecule has 0 radical (unpaired) electrons. The van der Waals surface area contributed by atoms with Crippen molar-refractivity contribution in [3.05, 3.63) is 0 Å². The van der Waals surface area contributed by atoms with E-state index in [2.05, 4.69) is 21.0 Å². The van der Waals surface area contributed by atoms with E-state index in [4.69, 9.17) is 0 Å². The molecule has 210 valence electrons. The van der Waals surface area contributed by atoms with Crippen LogP contribution in [0.25, 0.3) is 0 Å². The van der Waals surface area contributed by atoms with Crippen LogP contribution in [0.3, 0.4) is 0 Å². The molecule has 0 aliphatic carbocycles. The highest BCUT2D eigenvalue weighted by Crippen LogP contribution is 2.21. The monoisotopic (exact) mass is 497 g/mol. The summed E-state index contributed by atoms with van der Waals surface area (Å²) in [7, 11) is 4.53. The summed E-state index contributed by atoms with van der Waals surface area (Å²) in [5, 5.41) is 21.3. The fraction of sp³-hybridized carbons (Fsp3) is 0.968. The summed E-state index contributed by atoms with van der Waals surface area (Å²) in [4.78, 5) is 10.4. The fourth-order valence-corrected chi connectivity index (χ4v) is 5.47. The van der Waals surface area contributed by atoms with E-state index in [1.807, 2.05) is 6.92 Å². The number of aliphatic hydroxyl groups is 1. The maximum Gasteiger partial charge on any atom is 0.111 e. The van der Waals surface area contributed by atoms with Gasteiger partial charge >= 0.3 is 0 Å².